The van der Waals surface area contributed by atoms with Gasteiger partial charge in [0.1, 0.15) is 5.75 Å². The van der Waals surface area contributed by atoms with Crippen LogP contribution in [0.3, 0.4) is 0 Å². The Hall–Kier alpha value is -2.62. The van der Waals surface area contributed by atoms with Gasteiger partial charge in [-0.25, -0.2) is 9.48 Å². The first-order chi connectivity index (χ1) is 12.7. The molecule has 1 amide bonds. The van der Waals surface area contributed by atoms with Gasteiger partial charge in [-0.1, -0.05) is 17.8 Å². The predicted octanol–water partition coefficient (Wildman–Crippen LogP) is 1.68. The quantitative estimate of drug-likeness (QED) is 0.519. The molecule has 0 atom stereocenters. The molecule has 0 unspecified atom stereocenters. The van der Waals surface area contributed by atoms with Crippen molar-refractivity contribution in [3.63, 3.8) is 0 Å². The Morgan fingerprint density at radius 2 is 2.23 bits per heavy atom. The molecule has 26 heavy (non-hydrogen) atoms. The molecule has 1 fully saturated rings. The van der Waals surface area contributed by atoms with E-state index in [0.717, 1.165) is 12.8 Å². The second kappa shape index (κ2) is 8.65. The summed E-state index contributed by atoms with van der Waals surface area (Å²) in [7, 11) is 0. The molecule has 3 rings (SSSR count). The maximum Gasteiger partial charge on any atom is 0.344 e. The molecular weight excluding hydrogens is 358 g/mol. The molecule has 1 saturated carbocycles. The van der Waals surface area contributed by atoms with Gasteiger partial charge < -0.3 is 14.8 Å². The van der Waals surface area contributed by atoms with Crippen LogP contribution >= 0.6 is 11.8 Å². The number of esters is 1. The second-order valence-corrected chi connectivity index (χ2v) is 6.54. The number of ether oxygens (including phenoxy) is 2. The third-order valence-corrected chi connectivity index (χ3v) is 4.40. The number of amides is 1. The molecule has 2 aromatic rings. The van der Waals surface area contributed by atoms with Gasteiger partial charge in [-0.05, 0) is 42.3 Å². The van der Waals surface area contributed by atoms with E-state index < -0.39 is 5.97 Å². The van der Waals surface area contributed by atoms with Crippen LogP contribution < -0.4 is 10.1 Å². The van der Waals surface area contributed by atoms with Gasteiger partial charge in [0.05, 0.1) is 18.4 Å². The van der Waals surface area contributed by atoms with Crippen LogP contribution in [0.4, 0.5) is 5.69 Å². The van der Waals surface area contributed by atoms with E-state index in [1.54, 1.807) is 35.9 Å². The first-order valence-electron chi connectivity index (χ1n) is 8.24. The minimum absolute atomic E-state index is 0.176. The minimum Gasteiger partial charge on any atom is -0.482 e. The van der Waals surface area contributed by atoms with Crippen molar-refractivity contribution >= 4 is 29.3 Å². The standard InChI is InChI=1S/C16H19N5O4S/c1-2-24-15(23)9-25-13-5-3-4-11(8-13)17-14(22)10-26-16-18-19-20-21(16)12-6-7-12/h3-5,8,12H,2,6-7,9-10H2,1H3,(H,17,22). The maximum absolute atomic E-state index is 12.1. The topological polar surface area (TPSA) is 108 Å². The Bertz CT molecular complexity index is 778. The summed E-state index contributed by atoms with van der Waals surface area (Å²) < 4.78 is 11.9. The number of hydrogen-bond acceptors (Lipinski definition) is 8. The fourth-order valence-corrected chi connectivity index (χ4v) is 2.91. The molecular formula is C16H19N5O4S. The van der Waals surface area contributed by atoms with Gasteiger partial charge in [-0.3, -0.25) is 4.79 Å². The zero-order chi connectivity index (χ0) is 18.4. The summed E-state index contributed by atoms with van der Waals surface area (Å²) in [5.41, 5.74) is 0.582. The number of carbonyl (C=O) groups excluding carboxylic acids is 2. The monoisotopic (exact) mass is 377 g/mol. The van der Waals surface area contributed by atoms with Gasteiger partial charge >= 0.3 is 5.97 Å². The summed E-state index contributed by atoms with van der Waals surface area (Å²) in [5.74, 6) is 0.0527. The molecule has 1 heterocycles. The Morgan fingerprint density at radius 1 is 1.38 bits per heavy atom. The number of thioether (sulfide) groups is 1. The molecule has 0 radical (unpaired) electrons. The fourth-order valence-electron chi connectivity index (χ4n) is 2.16. The number of nitrogens with one attached hydrogen (secondary N) is 1. The Morgan fingerprint density at radius 3 is 3.00 bits per heavy atom. The Labute approximate surface area is 154 Å². The van der Waals surface area contributed by atoms with E-state index in [1.165, 1.54) is 11.8 Å². The smallest absolute Gasteiger partial charge is 0.344 e. The lowest BCUT2D eigenvalue weighted by molar-refractivity contribution is -0.145. The molecule has 1 aromatic heterocycles. The lowest BCUT2D eigenvalue weighted by Crippen LogP contribution is -2.16. The van der Waals surface area contributed by atoms with Gasteiger partial charge in [0.15, 0.2) is 6.61 Å². The SMILES string of the molecule is CCOC(=O)COc1cccc(NC(=O)CSc2nnnn2C2CC2)c1. The molecule has 1 aromatic carbocycles. The third kappa shape index (κ3) is 5.19. The number of hydrogen-bond donors (Lipinski definition) is 1. The van der Waals surface area contributed by atoms with E-state index in [2.05, 4.69) is 20.8 Å². The van der Waals surface area contributed by atoms with Crippen molar-refractivity contribution in [2.24, 2.45) is 0 Å². The minimum atomic E-state index is -0.438. The number of aromatic nitrogens is 4. The van der Waals surface area contributed by atoms with Crippen molar-refractivity contribution in [3.8, 4) is 5.75 Å². The third-order valence-electron chi connectivity index (χ3n) is 3.47. The van der Waals surface area contributed by atoms with Crippen LogP contribution in [0, 0.1) is 0 Å². The predicted molar refractivity (Wildman–Crippen MR) is 94.0 cm³/mol. The maximum atomic E-state index is 12.1. The highest BCUT2D eigenvalue weighted by atomic mass is 32.2. The van der Waals surface area contributed by atoms with Crippen LogP contribution in [-0.4, -0.2) is 51.1 Å². The van der Waals surface area contributed by atoms with E-state index >= 15 is 0 Å². The van der Waals surface area contributed by atoms with Gasteiger partial charge in [0.2, 0.25) is 11.1 Å². The van der Waals surface area contributed by atoms with Crippen molar-refractivity contribution < 1.29 is 19.1 Å². The van der Waals surface area contributed by atoms with Crippen molar-refractivity contribution in [2.75, 3.05) is 24.3 Å². The lowest BCUT2D eigenvalue weighted by Gasteiger charge is -2.09. The Balaban J connectivity index is 1.48. The molecule has 1 aliphatic carbocycles. The highest BCUT2D eigenvalue weighted by Gasteiger charge is 2.28. The van der Waals surface area contributed by atoms with Crippen molar-refractivity contribution in [1.29, 1.82) is 0 Å². The number of benzene rings is 1. The highest BCUT2D eigenvalue weighted by Crippen LogP contribution is 2.36. The largest absolute Gasteiger partial charge is 0.482 e. The summed E-state index contributed by atoms with van der Waals surface area (Å²) in [4.78, 5) is 23.5. The van der Waals surface area contributed by atoms with Crippen LogP contribution in [0.25, 0.3) is 0 Å². The zero-order valence-electron chi connectivity index (χ0n) is 14.3. The van der Waals surface area contributed by atoms with Crippen molar-refractivity contribution in [2.45, 2.75) is 31.0 Å². The number of tetrazole rings is 1. The van der Waals surface area contributed by atoms with Gasteiger partial charge in [-0.15, -0.1) is 5.10 Å². The second-order valence-electron chi connectivity index (χ2n) is 5.60. The summed E-state index contributed by atoms with van der Waals surface area (Å²) in [6.07, 6.45) is 2.15. The molecule has 0 saturated heterocycles. The average Bonchev–Trinajstić information content (AvgIpc) is 3.37. The molecule has 10 heteroatoms. The molecule has 0 spiro atoms. The van der Waals surface area contributed by atoms with Crippen LogP contribution in [0.2, 0.25) is 0 Å². The molecule has 1 aliphatic rings. The molecule has 138 valence electrons. The number of anilines is 1. The number of nitrogens with zero attached hydrogens (tertiary/aromatic N) is 4. The van der Waals surface area contributed by atoms with Crippen LogP contribution in [0.15, 0.2) is 29.4 Å². The summed E-state index contributed by atoms with van der Waals surface area (Å²) in [6.45, 7) is 1.86. The molecule has 0 bridgehead atoms. The van der Waals surface area contributed by atoms with Crippen molar-refractivity contribution in [3.05, 3.63) is 24.3 Å². The highest BCUT2D eigenvalue weighted by molar-refractivity contribution is 7.99. The van der Waals surface area contributed by atoms with E-state index in [4.69, 9.17) is 9.47 Å². The summed E-state index contributed by atoms with van der Waals surface area (Å²) in [6, 6.07) is 7.19. The molecule has 1 N–H and O–H groups in total. The normalized spacial score (nSPS) is 13.3. The summed E-state index contributed by atoms with van der Waals surface area (Å²) in [5, 5.41) is 15.0. The van der Waals surface area contributed by atoms with Crippen LogP contribution in [-0.2, 0) is 14.3 Å². The first kappa shape index (κ1) is 18.2. The van der Waals surface area contributed by atoms with E-state index in [9.17, 15) is 9.59 Å². The van der Waals surface area contributed by atoms with E-state index in [-0.39, 0.29) is 18.3 Å². The van der Waals surface area contributed by atoms with E-state index in [0.29, 0.717) is 29.2 Å². The van der Waals surface area contributed by atoms with Gasteiger partial charge in [0, 0.05) is 11.8 Å². The zero-order valence-corrected chi connectivity index (χ0v) is 15.1. The molecule has 9 nitrogen and oxygen atoms in total. The first-order valence-corrected chi connectivity index (χ1v) is 9.23. The number of carbonyl (C=O) groups is 2. The number of rotatable bonds is 9. The van der Waals surface area contributed by atoms with Crippen LogP contribution in [0.1, 0.15) is 25.8 Å². The van der Waals surface area contributed by atoms with Gasteiger partial charge in [0.25, 0.3) is 0 Å². The Kier molecular flexibility index (Phi) is 6.05. The van der Waals surface area contributed by atoms with Crippen molar-refractivity contribution in [1.82, 2.24) is 20.2 Å². The lowest BCUT2D eigenvalue weighted by atomic mass is 10.3. The van der Waals surface area contributed by atoms with Gasteiger partial charge in [-0.2, -0.15) is 0 Å². The fraction of sp³-hybridized carbons (Fsp3) is 0.438. The van der Waals surface area contributed by atoms with E-state index in [1.807, 2.05) is 0 Å². The van der Waals surface area contributed by atoms with Crippen LogP contribution in [0.5, 0.6) is 5.75 Å². The average molecular weight is 377 g/mol. The summed E-state index contributed by atoms with van der Waals surface area (Å²) >= 11 is 1.30. The molecule has 0 aliphatic heterocycles.